The molecule has 2 nitrogen and oxygen atoms in total. The standard InChI is InChI=1S/C20H26O2/c1-3-20-11-10-15-16(18(20)8-9-19(20)21)7-5-13-4-6-14(22-2)12-17(13)15/h4,6,12,15-16,18H,3,5,7-11H2,1-2H3/t15-,16+,18-,20-/m0/s1. The molecule has 4 atom stereocenters. The minimum Gasteiger partial charge on any atom is -0.497 e. The molecule has 4 rings (SSSR count). The third kappa shape index (κ3) is 1.82. The predicted octanol–water partition coefficient (Wildman–Crippen LogP) is 4.51. The summed E-state index contributed by atoms with van der Waals surface area (Å²) in [7, 11) is 1.75. The Bertz CT molecular complexity index is 606. The summed E-state index contributed by atoms with van der Waals surface area (Å²) >= 11 is 0. The molecule has 0 aliphatic heterocycles. The van der Waals surface area contributed by atoms with Crippen molar-refractivity contribution < 1.29 is 9.53 Å². The van der Waals surface area contributed by atoms with E-state index in [9.17, 15) is 4.79 Å². The van der Waals surface area contributed by atoms with Crippen LogP contribution in [0.3, 0.4) is 0 Å². The van der Waals surface area contributed by atoms with E-state index >= 15 is 0 Å². The summed E-state index contributed by atoms with van der Waals surface area (Å²) in [6, 6.07) is 6.62. The minimum absolute atomic E-state index is 0.0253. The summed E-state index contributed by atoms with van der Waals surface area (Å²) in [6.07, 6.45) is 7.73. The normalized spacial score (nSPS) is 36.5. The number of carbonyl (C=O) groups excluding carboxylic acids is 1. The first-order chi connectivity index (χ1) is 10.7. The van der Waals surface area contributed by atoms with E-state index in [1.54, 1.807) is 7.11 Å². The molecule has 118 valence electrons. The van der Waals surface area contributed by atoms with Crippen LogP contribution in [0.25, 0.3) is 0 Å². The second kappa shape index (κ2) is 5.11. The van der Waals surface area contributed by atoms with Gasteiger partial charge in [0.15, 0.2) is 0 Å². The zero-order valence-electron chi connectivity index (χ0n) is 13.7. The molecule has 0 N–H and O–H groups in total. The van der Waals surface area contributed by atoms with Crippen molar-refractivity contribution in [3.63, 3.8) is 0 Å². The molecule has 0 unspecified atom stereocenters. The van der Waals surface area contributed by atoms with E-state index in [1.807, 2.05) is 0 Å². The van der Waals surface area contributed by atoms with Crippen molar-refractivity contribution in [3.8, 4) is 5.75 Å². The molecule has 0 heterocycles. The fourth-order valence-corrected chi connectivity index (χ4v) is 5.89. The molecule has 2 heteroatoms. The molecule has 0 aromatic heterocycles. The lowest BCUT2D eigenvalue weighted by molar-refractivity contribution is -0.131. The second-order valence-electron chi connectivity index (χ2n) is 7.49. The van der Waals surface area contributed by atoms with Gasteiger partial charge in [0.25, 0.3) is 0 Å². The monoisotopic (exact) mass is 298 g/mol. The van der Waals surface area contributed by atoms with Gasteiger partial charge in [-0.25, -0.2) is 0 Å². The Kier molecular flexibility index (Phi) is 3.32. The highest BCUT2D eigenvalue weighted by Gasteiger charge is 2.56. The molecule has 0 bridgehead atoms. The van der Waals surface area contributed by atoms with Crippen molar-refractivity contribution in [2.24, 2.45) is 17.3 Å². The molecular formula is C20H26O2. The van der Waals surface area contributed by atoms with Crippen molar-refractivity contribution in [2.75, 3.05) is 7.11 Å². The summed E-state index contributed by atoms with van der Waals surface area (Å²) in [6.45, 7) is 2.23. The smallest absolute Gasteiger partial charge is 0.139 e. The maximum absolute atomic E-state index is 12.6. The van der Waals surface area contributed by atoms with Crippen molar-refractivity contribution in [1.29, 1.82) is 0 Å². The van der Waals surface area contributed by atoms with E-state index < -0.39 is 0 Å². The quantitative estimate of drug-likeness (QED) is 0.803. The van der Waals surface area contributed by atoms with Gasteiger partial charge in [0.05, 0.1) is 7.11 Å². The first kappa shape index (κ1) is 14.3. The number of rotatable bonds is 2. The van der Waals surface area contributed by atoms with E-state index in [0.717, 1.165) is 31.4 Å². The maximum atomic E-state index is 12.6. The van der Waals surface area contributed by atoms with Crippen LogP contribution < -0.4 is 4.74 Å². The zero-order chi connectivity index (χ0) is 15.3. The second-order valence-corrected chi connectivity index (χ2v) is 7.49. The summed E-state index contributed by atoms with van der Waals surface area (Å²) in [5.74, 6) is 3.53. The molecule has 0 spiro atoms. The summed E-state index contributed by atoms with van der Waals surface area (Å²) in [4.78, 5) is 12.6. The molecule has 22 heavy (non-hydrogen) atoms. The number of Topliss-reactive ketones (excluding diaryl/α,β-unsaturated/α-hetero) is 1. The molecular weight excluding hydrogens is 272 g/mol. The molecule has 1 aromatic rings. The van der Waals surface area contributed by atoms with Gasteiger partial charge in [-0.15, -0.1) is 0 Å². The molecule has 0 saturated heterocycles. The van der Waals surface area contributed by atoms with Crippen molar-refractivity contribution in [1.82, 2.24) is 0 Å². The third-order valence-corrected chi connectivity index (χ3v) is 7.01. The van der Waals surface area contributed by atoms with Crippen molar-refractivity contribution >= 4 is 5.78 Å². The van der Waals surface area contributed by atoms with Crippen LogP contribution in [-0.4, -0.2) is 12.9 Å². The van der Waals surface area contributed by atoms with Gasteiger partial charge in [-0.2, -0.15) is 0 Å². The number of methoxy groups -OCH3 is 1. The van der Waals surface area contributed by atoms with E-state index in [2.05, 4.69) is 25.1 Å². The molecule has 1 aromatic carbocycles. The Labute approximate surface area is 133 Å². The number of benzene rings is 1. The van der Waals surface area contributed by atoms with E-state index in [1.165, 1.54) is 30.4 Å². The fraction of sp³-hybridized carbons (Fsp3) is 0.650. The highest BCUT2D eigenvalue weighted by molar-refractivity contribution is 5.87. The van der Waals surface area contributed by atoms with Gasteiger partial charge in [0.2, 0.25) is 0 Å². The maximum Gasteiger partial charge on any atom is 0.139 e. The van der Waals surface area contributed by atoms with Gasteiger partial charge in [0, 0.05) is 11.8 Å². The average Bonchev–Trinajstić information content (AvgIpc) is 2.91. The van der Waals surface area contributed by atoms with Crippen LogP contribution in [0.5, 0.6) is 5.75 Å². The first-order valence-corrected chi connectivity index (χ1v) is 8.89. The van der Waals surface area contributed by atoms with Gasteiger partial charge in [-0.05, 0) is 79.5 Å². The Balaban J connectivity index is 1.72. The number of carbonyl (C=O) groups is 1. The van der Waals surface area contributed by atoms with Crippen molar-refractivity contribution in [3.05, 3.63) is 29.3 Å². The summed E-state index contributed by atoms with van der Waals surface area (Å²) < 4.78 is 5.45. The van der Waals surface area contributed by atoms with Gasteiger partial charge >= 0.3 is 0 Å². The van der Waals surface area contributed by atoms with Gasteiger partial charge in [0.1, 0.15) is 11.5 Å². The molecule has 2 saturated carbocycles. The van der Waals surface area contributed by atoms with Crippen LogP contribution in [0.2, 0.25) is 0 Å². The average molecular weight is 298 g/mol. The van der Waals surface area contributed by atoms with Crippen LogP contribution in [-0.2, 0) is 11.2 Å². The zero-order valence-corrected chi connectivity index (χ0v) is 13.7. The van der Waals surface area contributed by atoms with E-state index in [0.29, 0.717) is 23.5 Å². The Morgan fingerprint density at radius 2 is 2.09 bits per heavy atom. The van der Waals surface area contributed by atoms with Gasteiger partial charge in [-0.3, -0.25) is 4.79 Å². The third-order valence-electron chi connectivity index (χ3n) is 7.01. The fourth-order valence-electron chi connectivity index (χ4n) is 5.89. The highest BCUT2D eigenvalue weighted by atomic mass is 16.5. The van der Waals surface area contributed by atoms with Crippen LogP contribution in [0, 0.1) is 17.3 Å². The first-order valence-electron chi connectivity index (χ1n) is 8.89. The number of ketones is 1. The lowest BCUT2D eigenvalue weighted by Gasteiger charge is -2.49. The molecule has 2 fully saturated rings. The lowest BCUT2D eigenvalue weighted by Crippen LogP contribution is -2.44. The predicted molar refractivity (Wildman–Crippen MR) is 87.2 cm³/mol. The topological polar surface area (TPSA) is 26.3 Å². The number of fused-ring (bicyclic) bond motifs is 5. The van der Waals surface area contributed by atoms with Crippen LogP contribution in [0.1, 0.15) is 62.5 Å². The molecule has 3 aliphatic rings. The van der Waals surface area contributed by atoms with E-state index in [-0.39, 0.29) is 5.41 Å². The summed E-state index contributed by atoms with van der Waals surface area (Å²) in [5.41, 5.74) is 3.05. The minimum atomic E-state index is 0.0253. The number of hydrogen-bond acceptors (Lipinski definition) is 2. The largest absolute Gasteiger partial charge is 0.497 e. The van der Waals surface area contributed by atoms with E-state index in [4.69, 9.17) is 4.74 Å². The number of ether oxygens (including phenoxy) is 1. The highest BCUT2D eigenvalue weighted by Crippen LogP contribution is 2.61. The SMILES string of the molecule is CC[C@]12CC[C@@H]3c4cc(OC)ccc4CC[C@H]3[C@@H]1CCC2=O. The lowest BCUT2D eigenvalue weighted by atomic mass is 9.54. The Morgan fingerprint density at radius 3 is 2.86 bits per heavy atom. The molecule has 0 amide bonds. The van der Waals surface area contributed by atoms with Gasteiger partial charge in [-0.1, -0.05) is 13.0 Å². The summed E-state index contributed by atoms with van der Waals surface area (Å²) in [5, 5.41) is 0. The Morgan fingerprint density at radius 1 is 1.23 bits per heavy atom. The number of hydrogen-bond donors (Lipinski definition) is 0. The number of aryl methyl sites for hydroxylation is 1. The Hall–Kier alpha value is -1.31. The van der Waals surface area contributed by atoms with Crippen LogP contribution in [0.15, 0.2) is 18.2 Å². The van der Waals surface area contributed by atoms with Crippen LogP contribution >= 0.6 is 0 Å². The molecule has 0 radical (unpaired) electrons. The van der Waals surface area contributed by atoms with Crippen molar-refractivity contribution in [2.45, 2.75) is 57.8 Å². The van der Waals surface area contributed by atoms with Crippen LogP contribution in [0.4, 0.5) is 0 Å². The molecule has 3 aliphatic carbocycles. The van der Waals surface area contributed by atoms with Gasteiger partial charge < -0.3 is 4.74 Å².